The molecule has 3 aromatic rings. The van der Waals surface area contributed by atoms with E-state index in [4.69, 9.17) is 32.8 Å². The normalized spacial score (nSPS) is 22.9. The molecule has 5 unspecified atom stereocenters. The predicted molar refractivity (Wildman–Crippen MR) is 132 cm³/mol. The molecule has 0 aliphatic carbocycles. The Kier molecular flexibility index (Phi) is 7.94. The molecule has 0 bridgehead atoms. The molecule has 4 rings (SSSR count). The van der Waals surface area contributed by atoms with Crippen LogP contribution in [0.1, 0.15) is 0 Å². The molecule has 0 spiro atoms. The molecule has 14 nitrogen and oxygen atoms in total. The van der Waals surface area contributed by atoms with E-state index >= 15 is 0 Å². The van der Waals surface area contributed by atoms with Gasteiger partial charge in [0, 0.05) is 12.1 Å². The monoisotopic (exact) mass is 552 g/mol. The Bertz CT molecular complexity index is 1410. The van der Waals surface area contributed by atoms with Gasteiger partial charge in [-0.1, -0.05) is 0 Å². The number of aliphatic hydroxyl groups excluding tert-OH is 4. The fraction of sp³-hybridized carbons (Fsp3) is 0.400. The zero-order valence-electron chi connectivity index (χ0n) is 21.3. The Labute approximate surface area is 220 Å². The van der Waals surface area contributed by atoms with E-state index in [9.17, 15) is 35.4 Å². The van der Waals surface area contributed by atoms with Gasteiger partial charge in [-0.2, -0.15) is 0 Å². The summed E-state index contributed by atoms with van der Waals surface area (Å²) in [5.74, 6) is -1.85. The van der Waals surface area contributed by atoms with E-state index in [0.29, 0.717) is 0 Å². The summed E-state index contributed by atoms with van der Waals surface area (Å²) < 4.78 is 37.9. The van der Waals surface area contributed by atoms with Crippen molar-refractivity contribution >= 4 is 11.0 Å². The van der Waals surface area contributed by atoms with Gasteiger partial charge in [0.25, 0.3) is 0 Å². The van der Waals surface area contributed by atoms with E-state index in [1.807, 2.05) is 0 Å². The number of phenols is 2. The van der Waals surface area contributed by atoms with Gasteiger partial charge < -0.3 is 63.5 Å². The number of rotatable bonds is 8. The minimum atomic E-state index is -1.73. The van der Waals surface area contributed by atoms with Crippen LogP contribution in [0, 0.1) is 0 Å². The summed E-state index contributed by atoms with van der Waals surface area (Å²) in [5.41, 5.74) is -1.04. The SMILES string of the molecule is COc1cc(O)c(-c2oc3cc(OC)c(OC)c(O)c3c(=O)c2OC)cc1OC1OC(CO)C(O)C(O)C1O. The highest BCUT2D eigenvalue weighted by Crippen LogP contribution is 2.47. The number of ether oxygens (including phenoxy) is 6. The highest BCUT2D eigenvalue weighted by atomic mass is 16.7. The summed E-state index contributed by atoms with van der Waals surface area (Å²) in [6, 6.07) is 3.64. The van der Waals surface area contributed by atoms with Crippen LogP contribution < -0.4 is 29.1 Å². The van der Waals surface area contributed by atoms with Crippen molar-refractivity contribution in [3.05, 3.63) is 28.4 Å². The third-order valence-electron chi connectivity index (χ3n) is 6.28. The molecule has 1 saturated heterocycles. The van der Waals surface area contributed by atoms with Crippen molar-refractivity contribution in [1.82, 2.24) is 0 Å². The van der Waals surface area contributed by atoms with Crippen LogP contribution in [0.2, 0.25) is 0 Å². The van der Waals surface area contributed by atoms with Gasteiger partial charge in [0.05, 0.1) is 40.6 Å². The quantitative estimate of drug-likeness (QED) is 0.219. The molecule has 0 saturated carbocycles. The number of fused-ring (bicyclic) bond motifs is 1. The second-order valence-electron chi connectivity index (χ2n) is 8.46. The lowest BCUT2D eigenvalue weighted by Gasteiger charge is -2.39. The van der Waals surface area contributed by atoms with Gasteiger partial charge in [0.15, 0.2) is 28.8 Å². The lowest BCUT2D eigenvalue weighted by molar-refractivity contribution is -0.277. The number of aromatic hydroxyl groups is 2. The lowest BCUT2D eigenvalue weighted by atomic mass is 9.99. The summed E-state index contributed by atoms with van der Waals surface area (Å²) in [6.07, 6.45) is -7.87. The molecule has 5 atom stereocenters. The minimum absolute atomic E-state index is 0.0423. The average molecular weight is 552 g/mol. The van der Waals surface area contributed by atoms with Gasteiger partial charge in [-0.3, -0.25) is 4.79 Å². The predicted octanol–water partition coefficient (Wildman–Crippen LogP) is 0.0843. The largest absolute Gasteiger partial charge is 0.507 e. The molecular weight excluding hydrogens is 524 g/mol. The summed E-state index contributed by atoms with van der Waals surface area (Å²) >= 11 is 0. The lowest BCUT2D eigenvalue weighted by Crippen LogP contribution is -2.60. The molecule has 0 amide bonds. The second kappa shape index (κ2) is 11.0. The van der Waals surface area contributed by atoms with E-state index in [1.54, 1.807) is 0 Å². The Morgan fingerprint density at radius 1 is 0.821 bits per heavy atom. The Hall–Kier alpha value is -3.95. The maximum absolute atomic E-state index is 13.4. The molecule has 1 aliphatic heterocycles. The number of benzene rings is 2. The molecule has 14 heteroatoms. The molecule has 0 radical (unpaired) electrons. The van der Waals surface area contributed by atoms with Crippen molar-refractivity contribution in [2.75, 3.05) is 35.0 Å². The van der Waals surface area contributed by atoms with E-state index < -0.39 is 54.2 Å². The summed E-state index contributed by atoms with van der Waals surface area (Å²) in [6.45, 7) is -0.677. The second-order valence-corrected chi connectivity index (χ2v) is 8.46. The van der Waals surface area contributed by atoms with Crippen LogP contribution in [-0.2, 0) is 4.74 Å². The first-order valence-corrected chi connectivity index (χ1v) is 11.5. The number of methoxy groups -OCH3 is 4. The van der Waals surface area contributed by atoms with Gasteiger partial charge >= 0.3 is 0 Å². The van der Waals surface area contributed by atoms with Crippen LogP contribution in [0.3, 0.4) is 0 Å². The van der Waals surface area contributed by atoms with E-state index in [-0.39, 0.29) is 51.0 Å². The zero-order chi connectivity index (χ0) is 28.6. The van der Waals surface area contributed by atoms with E-state index in [0.717, 1.165) is 6.07 Å². The van der Waals surface area contributed by atoms with Crippen molar-refractivity contribution in [1.29, 1.82) is 0 Å². The fourth-order valence-corrected chi connectivity index (χ4v) is 4.26. The standard InChI is InChI=1S/C25H28O14/c1-33-11-6-10(27)9(5-12(11)38-25-21(32)20(31)17(28)15(8-26)39-25)22-24(36-4)19(30)16-13(37-22)7-14(34-2)23(35-3)18(16)29/h5-7,15,17,20-21,25-29,31-32H,8H2,1-4H3. The maximum atomic E-state index is 13.4. The third-order valence-corrected chi connectivity index (χ3v) is 6.28. The minimum Gasteiger partial charge on any atom is -0.507 e. The molecule has 6 N–H and O–H groups in total. The molecule has 1 fully saturated rings. The summed E-state index contributed by atoms with van der Waals surface area (Å²) in [4.78, 5) is 13.4. The van der Waals surface area contributed by atoms with Crippen molar-refractivity contribution in [3.63, 3.8) is 0 Å². The smallest absolute Gasteiger partial charge is 0.239 e. The Balaban J connectivity index is 1.88. The van der Waals surface area contributed by atoms with Crippen LogP contribution >= 0.6 is 0 Å². The Morgan fingerprint density at radius 2 is 1.49 bits per heavy atom. The molecule has 1 aliphatic rings. The van der Waals surface area contributed by atoms with E-state index in [2.05, 4.69) is 0 Å². The fourth-order valence-electron chi connectivity index (χ4n) is 4.26. The highest BCUT2D eigenvalue weighted by Gasteiger charge is 2.45. The van der Waals surface area contributed by atoms with E-state index in [1.165, 1.54) is 40.6 Å². The molecule has 39 heavy (non-hydrogen) atoms. The van der Waals surface area contributed by atoms with Crippen molar-refractivity contribution in [2.24, 2.45) is 0 Å². The topological polar surface area (TPSA) is 207 Å². The van der Waals surface area contributed by atoms with Gasteiger partial charge in [-0.15, -0.1) is 0 Å². The molecular formula is C25H28O14. The summed E-state index contributed by atoms with van der Waals surface area (Å²) in [7, 11) is 5.06. The third kappa shape index (κ3) is 4.72. The van der Waals surface area contributed by atoms with Gasteiger partial charge in [0.2, 0.25) is 23.2 Å². The van der Waals surface area contributed by atoms with Gasteiger partial charge in [0.1, 0.15) is 41.1 Å². The maximum Gasteiger partial charge on any atom is 0.239 e. The van der Waals surface area contributed by atoms with Gasteiger partial charge in [-0.25, -0.2) is 0 Å². The summed E-state index contributed by atoms with van der Waals surface area (Å²) in [5, 5.41) is 61.2. The van der Waals surface area contributed by atoms with Crippen LogP contribution in [0.25, 0.3) is 22.3 Å². The first-order chi connectivity index (χ1) is 18.6. The first kappa shape index (κ1) is 28.1. The van der Waals surface area contributed by atoms with Crippen LogP contribution in [-0.4, -0.2) is 96.4 Å². The molecule has 2 aromatic carbocycles. The number of hydrogen-bond acceptors (Lipinski definition) is 14. The average Bonchev–Trinajstić information content (AvgIpc) is 2.93. The van der Waals surface area contributed by atoms with Gasteiger partial charge in [-0.05, 0) is 6.07 Å². The van der Waals surface area contributed by atoms with Crippen LogP contribution in [0.15, 0.2) is 27.4 Å². The molecule has 212 valence electrons. The van der Waals surface area contributed by atoms with Crippen LogP contribution in [0.5, 0.6) is 40.2 Å². The van der Waals surface area contributed by atoms with Crippen molar-refractivity contribution < 1.29 is 63.5 Å². The molecule has 1 aromatic heterocycles. The Morgan fingerprint density at radius 3 is 2.08 bits per heavy atom. The molecule has 2 heterocycles. The highest BCUT2D eigenvalue weighted by molar-refractivity contribution is 5.92. The number of aliphatic hydroxyl groups is 4. The number of hydrogen-bond donors (Lipinski definition) is 6. The number of phenolic OH excluding ortho intramolecular Hbond substituents is 2. The first-order valence-electron chi connectivity index (χ1n) is 11.5. The van der Waals surface area contributed by atoms with Crippen LogP contribution in [0.4, 0.5) is 0 Å². The van der Waals surface area contributed by atoms with Crippen molar-refractivity contribution in [2.45, 2.75) is 30.7 Å². The van der Waals surface area contributed by atoms with Crippen molar-refractivity contribution in [3.8, 4) is 51.6 Å². The zero-order valence-corrected chi connectivity index (χ0v) is 21.3.